The monoisotopic (exact) mass is 827 g/mol. The standard InChI is InChI=1S/C48H76NO8P/c1-6-8-10-12-14-16-18-20-22-24-26-28-30-32-34-36-38-40-47(50)54-44-46(45-56-58(52,53)55-43-42-49(3,4)5)57-48(51)41-39-37-35-33-31-29-27-25-23-21-19-17-15-13-11-9-7-2/h8-11,14-17,20-23,26-29,32-35,46H,6-7,12-13,18-19,24-25,30-31,36-45H2,1-5H3/p+1. The highest BCUT2D eigenvalue weighted by atomic mass is 31.2. The number of carbonyl (C=O) groups is 2. The van der Waals surface area contributed by atoms with E-state index in [1.54, 1.807) is 0 Å². The second-order valence-electron chi connectivity index (χ2n) is 14.6. The van der Waals surface area contributed by atoms with Gasteiger partial charge in [-0.3, -0.25) is 18.6 Å². The van der Waals surface area contributed by atoms with E-state index in [2.05, 4.69) is 123 Å². The fraction of sp³-hybridized carbons (Fsp3) is 0.542. The number of phosphoric ester groups is 1. The van der Waals surface area contributed by atoms with Crippen LogP contribution in [0.5, 0.6) is 0 Å². The molecule has 0 rings (SSSR count). The number of hydrogen-bond acceptors (Lipinski definition) is 7. The van der Waals surface area contributed by atoms with Gasteiger partial charge in [-0.15, -0.1) is 0 Å². The van der Waals surface area contributed by atoms with E-state index in [0.717, 1.165) is 70.6 Å². The highest BCUT2D eigenvalue weighted by molar-refractivity contribution is 7.47. The largest absolute Gasteiger partial charge is 0.472 e. The van der Waals surface area contributed by atoms with Gasteiger partial charge >= 0.3 is 19.8 Å². The van der Waals surface area contributed by atoms with Crippen molar-refractivity contribution in [1.29, 1.82) is 0 Å². The summed E-state index contributed by atoms with van der Waals surface area (Å²) >= 11 is 0. The van der Waals surface area contributed by atoms with Crippen LogP contribution in [0.2, 0.25) is 0 Å². The van der Waals surface area contributed by atoms with Crippen molar-refractivity contribution < 1.29 is 42.1 Å². The number of nitrogens with zero attached hydrogens (tertiary/aromatic N) is 1. The Kier molecular flexibility index (Phi) is 36.5. The molecule has 0 aliphatic rings. The fourth-order valence-corrected chi connectivity index (χ4v) is 5.47. The Morgan fingerprint density at radius 3 is 1.28 bits per heavy atom. The van der Waals surface area contributed by atoms with Gasteiger partial charge in [0.15, 0.2) is 6.10 Å². The van der Waals surface area contributed by atoms with Crippen LogP contribution in [0.25, 0.3) is 0 Å². The van der Waals surface area contributed by atoms with E-state index in [1.807, 2.05) is 33.3 Å². The van der Waals surface area contributed by atoms with Crippen molar-refractivity contribution in [3.05, 3.63) is 122 Å². The topological polar surface area (TPSA) is 108 Å². The molecule has 0 spiro atoms. The van der Waals surface area contributed by atoms with Crippen LogP contribution in [-0.4, -0.2) is 74.9 Å². The van der Waals surface area contributed by atoms with Gasteiger partial charge in [-0.1, -0.05) is 135 Å². The van der Waals surface area contributed by atoms with Gasteiger partial charge in [0, 0.05) is 12.8 Å². The molecule has 0 radical (unpaired) electrons. The maximum absolute atomic E-state index is 12.7. The third-order valence-corrected chi connectivity index (χ3v) is 8.97. The van der Waals surface area contributed by atoms with Crippen LogP contribution in [0.1, 0.15) is 117 Å². The molecule has 58 heavy (non-hydrogen) atoms. The average molecular weight is 827 g/mol. The van der Waals surface area contributed by atoms with Gasteiger partial charge < -0.3 is 18.9 Å². The highest BCUT2D eigenvalue weighted by Crippen LogP contribution is 2.43. The Labute approximate surface area is 352 Å². The second-order valence-corrected chi connectivity index (χ2v) is 16.1. The summed E-state index contributed by atoms with van der Waals surface area (Å²) in [6.07, 6.45) is 54.1. The Morgan fingerprint density at radius 2 is 0.897 bits per heavy atom. The molecule has 1 N–H and O–H groups in total. The molecule has 0 aliphatic carbocycles. The predicted octanol–water partition coefficient (Wildman–Crippen LogP) is 12.1. The number of quaternary nitrogens is 1. The third kappa shape index (κ3) is 42.0. The summed E-state index contributed by atoms with van der Waals surface area (Å²) in [5.41, 5.74) is 0. The lowest BCUT2D eigenvalue weighted by Crippen LogP contribution is -2.37. The van der Waals surface area contributed by atoms with Gasteiger partial charge in [-0.05, 0) is 89.9 Å². The molecular weight excluding hydrogens is 750 g/mol. The maximum Gasteiger partial charge on any atom is 0.472 e. The summed E-state index contributed by atoms with van der Waals surface area (Å²) in [4.78, 5) is 35.3. The number of phosphoric acid groups is 1. The zero-order valence-corrected chi connectivity index (χ0v) is 37.4. The first-order chi connectivity index (χ1) is 28.0. The molecule has 2 atom stereocenters. The minimum atomic E-state index is -4.41. The van der Waals surface area contributed by atoms with E-state index in [1.165, 1.54) is 0 Å². The number of unbranched alkanes of at least 4 members (excludes halogenated alkanes) is 2. The van der Waals surface area contributed by atoms with Crippen molar-refractivity contribution in [1.82, 2.24) is 0 Å². The van der Waals surface area contributed by atoms with Crippen molar-refractivity contribution in [3.8, 4) is 0 Å². The van der Waals surface area contributed by atoms with Crippen LogP contribution < -0.4 is 0 Å². The van der Waals surface area contributed by atoms with E-state index in [-0.39, 0.29) is 26.1 Å². The third-order valence-electron chi connectivity index (χ3n) is 7.99. The number of esters is 2. The van der Waals surface area contributed by atoms with Crippen molar-refractivity contribution in [2.75, 3.05) is 47.5 Å². The molecule has 0 bridgehead atoms. The molecule has 326 valence electrons. The molecule has 10 heteroatoms. The van der Waals surface area contributed by atoms with Crippen LogP contribution in [0.3, 0.4) is 0 Å². The SMILES string of the molecule is CCC=CCC=CCC=CCC=CCC=CCCCC(=O)OCC(COP(=O)(O)OCC[N+](C)(C)C)OC(=O)CCCC=CCC=CCC=CCC=CCC=CCC. The number of ether oxygens (including phenoxy) is 2. The summed E-state index contributed by atoms with van der Waals surface area (Å²) in [5, 5.41) is 0. The lowest BCUT2D eigenvalue weighted by atomic mass is 10.2. The highest BCUT2D eigenvalue weighted by Gasteiger charge is 2.27. The van der Waals surface area contributed by atoms with Crippen molar-refractivity contribution in [3.63, 3.8) is 0 Å². The molecule has 0 amide bonds. The van der Waals surface area contributed by atoms with Gasteiger partial charge in [0.2, 0.25) is 0 Å². The number of allylic oxidation sites excluding steroid dienone is 20. The summed E-state index contributed by atoms with van der Waals surface area (Å²) in [6.45, 7) is 4.02. The number of likely N-dealkylation sites (N-methyl/N-ethyl adjacent to an activating group) is 1. The lowest BCUT2D eigenvalue weighted by Gasteiger charge is -2.24. The lowest BCUT2D eigenvalue weighted by molar-refractivity contribution is -0.870. The molecular formula is C48H77NO8P+. The van der Waals surface area contributed by atoms with Crippen LogP contribution >= 0.6 is 7.82 Å². The second kappa shape index (κ2) is 38.9. The van der Waals surface area contributed by atoms with Crippen molar-refractivity contribution in [2.24, 2.45) is 0 Å². The summed E-state index contributed by atoms with van der Waals surface area (Å²) in [5.74, 6) is -0.952. The van der Waals surface area contributed by atoms with Crippen LogP contribution in [-0.2, 0) is 32.7 Å². The molecule has 0 fully saturated rings. The first-order valence-corrected chi connectivity index (χ1v) is 22.8. The molecule has 2 unspecified atom stereocenters. The first kappa shape index (κ1) is 54.4. The van der Waals surface area contributed by atoms with Crippen LogP contribution in [0.4, 0.5) is 0 Å². The summed E-state index contributed by atoms with van der Waals surface area (Å²) < 4.78 is 34.1. The molecule has 0 saturated heterocycles. The predicted molar refractivity (Wildman–Crippen MR) is 242 cm³/mol. The Morgan fingerprint density at radius 1 is 0.534 bits per heavy atom. The Balaban J connectivity index is 4.61. The van der Waals surface area contributed by atoms with Crippen LogP contribution in [0, 0.1) is 0 Å². The van der Waals surface area contributed by atoms with Gasteiger partial charge in [0.1, 0.15) is 19.8 Å². The van der Waals surface area contributed by atoms with Gasteiger partial charge in [-0.25, -0.2) is 4.57 Å². The first-order valence-electron chi connectivity index (χ1n) is 21.3. The zero-order valence-electron chi connectivity index (χ0n) is 36.5. The Bertz CT molecular complexity index is 1390. The number of hydrogen-bond donors (Lipinski definition) is 1. The Hall–Kier alpha value is -3.59. The normalized spacial score (nSPS) is 14.8. The minimum Gasteiger partial charge on any atom is -0.462 e. The molecule has 9 nitrogen and oxygen atoms in total. The molecule has 0 aliphatic heterocycles. The van der Waals surface area contributed by atoms with Gasteiger partial charge in [0.05, 0.1) is 27.7 Å². The van der Waals surface area contributed by atoms with Gasteiger partial charge in [-0.2, -0.15) is 0 Å². The van der Waals surface area contributed by atoms with Crippen molar-refractivity contribution >= 4 is 19.8 Å². The average Bonchev–Trinajstić information content (AvgIpc) is 3.17. The molecule has 0 saturated carbocycles. The fourth-order valence-electron chi connectivity index (χ4n) is 4.73. The van der Waals surface area contributed by atoms with E-state index in [4.69, 9.17) is 18.5 Å². The van der Waals surface area contributed by atoms with E-state index < -0.39 is 32.5 Å². The molecule has 0 aromatic carbocycles. The van der Waals surface area contributed by atoms with E-state index in [9.17, 15) is 19.0 Å². The molecule has 0 heterocycles. The number of rotatable bonds is 36. The maximum atomic E-state index is 12.7. The summed E-state index contributed by atoms with van der Waals surface area (Å²) in [7, 11) is 1.38. The number of carbonyl (C=O) groups excluding carboxylic acids is 2. The zero-order chi connectivity index (χ0) is 42.8. The van der Waals surface area contributed by atoms with Crippen molar-refractivity contribution in [2.45, 2.75) is 123 Å². The summed E-state index contributed by atoms with van der Waals surface area (Å²) in [6, 6.07) is 0. The van der Waals surface area contributed by atoms with Gasteiger partial charge in [0.25, 0.3) is 0 Å². The van der Waals surface area contributed by atoms with Crippen LogP contribution in [0.15, 0.2) is 122 Å². The smallest absolute Gasteiger partial charge is 0.462 e. The molecule has 0 aromatic rings. The van der Waals surface area contributed by atoms with E-state index >= 15 is 0 Å². The quantitative estimate of drug-likeness (QED) is 0.0219. The molecule has 0 aromatic heterocycles. The van der Waals surface area contributed by atoms with E-state index in [0.29, 0.717) is 30.3 Å². The minimum absolute atomic E-state index is 0.00437.